The number of rotatable bonds is 2. The third kappa shape index (κ3) is 4.23. The second-order valence-corrected chi connectivity index (χ2v) is 6.69. The van der Waals surface area contributed by atoms with Crippen molar-refractivity contribution in [1.29, 1.82) is 0 Å². The number of hydrogen-bond acceptors (Lipinski definition) is 3. The van der Waals surface area contributed by atoms with Crippen molar-refractivity contribution in [2.45, 2.75) is 52.2 Å². The van der Waals surface area contributed by atoms with Crippen LogP contribution in [0.1, 0.15) is 39.2 Å². The quantitative estimate of drug-likeness (QED) is 0.911. The molecule has 5 heteroatoms. The average molecular weight is 304 g/mol. The minimum Gasteiger partial charge on any atom is -0.444 e. The fourth-order valence-corrected chi connectivity index (χ4v) is 2.44. The normalized spacial score (nSPS) is 18.2. The number of hydrogen-bond donors (Lipinski definition) is 1. The van der Waals surface area contributed by atoms with E-state index in [0.29, 0.717) is 13.0 Å². The number of benzene rings is 1. The summed E-state index contributed by atoms with van der Waals surface area (Å²) in [6.45, 7) is 8.01. The van der Waals surface area contributed by atoms with Crippen molar-refractivity contribution in [2.24, 2.45) is 0 Å². The molecule has 120 valence electrons. The summed E-state index contributed by atoms with van der Waals surface area (Å²) < 4.78 is 5.37. The lowest BCUT2D eigenvalue weighted by Crippen LogP contribution is -2.45. The van der Waals surface area contributed by atoms with E-state index in [9.17, 15) is 9.59 Å². The molecule has 1 aromatic carbocycles. The van der Waals surface area contributed by atoms with Gasteiger partial charge in [-0.15, -0.1) is 0 Å². The molecule has 0 unspecified atom stereocenters. The van der Waals surface area contributed by atoms with E-state index in [-0.39, 0.29) is 5.91 Å². The summed E-state index contributed by atoms with van der Waals surface area (Å²) in [5.74, 6) is -0.160. The van der Waals surface area contributed by atoms with Gasteiger partial charge in [0.1, 0.15) is 11.6 Å². The molecule has 1 aliphatic rings. The largest absolute Gasteiger partial charge is 0.444 e. The number of carbonyl (C=O) groups is 2. The van der Waals surface area contributed by atoms with Gasteiger partial charge in [-0.2, -0.15) is 0 Å². The van der Waals surface area contributed by atoms with E-state index in [1.807, 2.05) is 52.0 Å². The van der Waals surface area contributed by atoms with Crippen molar-refractivity contribution in [2.75, 3.05) is 11.9 Å². The minimum absolute atomic E-state index is 0.160. The molecule has 2 amide bonds. The van der Waals surface area contributed by atoms with E-state index < -0.39 is 17.7 Å². The Morgan fingerprint density at radius 2 is 1.86 bits per heavy atom. The van der Waals surface area contributed by atoms with Crippen molar-refractivity contribution in [3.8, 4) is 0 Å². The highest BCUT2D eigenvalue weighted by Gasteiger charge is 2.36. The van der Waals surface area contributed by atoms with Crippen LogP contribution in [0.15, 0.2) is 24.3 Å². The molecule has 0 spiro atoms. The number of carbonyl (C=O) groups excluding carboxylic acids is 2. The summed E-state index contributed by atoms with van der Waals surface area (Å²) in [4.78, 5) is 26.1. The maximum atomic E-state index is 12.4. The van der Waals surface area contributed by atoms with Crippen molar-refractivity contribution in [3.05, 3.63) is 29.8 Å². The zero-order chi connectivity index (χ0) is 16.3. The topological polar surface area (TPSA) is 58.6 Å². The van der Waals surface area contributed by atoms with Crippen LogP contribution >= 0.6 is 0 Å². The van der Waals surface area contributed by atoms with E-state index in [1.54, 1.807) is 0 Å². The van der Waals surface area contributed by atoms with Crippen LogP contribution in [0.5, 0.6) is 0 Å². The lowest BCUT2D eigenvalue weighted by molar-refractivity contribution is -0.120. The Labute approximate surface area is 131 Å². The Hall–Kier alpha value is -2.04. The van der Waals surface area contributed by atoms with Crippen molar-refractivity contribution >= 4 is 17.7 Å². The predicted molar refractivity (Wildman–Crippen MR) is 85.8 cm³/mol. The van der Waals surface area contributed by atoms with Crippen molar-refractivity contribution in [1.82, 2.24) is 4.90 Å². The highest BCUT2D eigenvalue weighted by atomic mass is 16.6. The van der Waals surface area contributed by atoms with Crippen LogP contribution in [-0.2, 0) is 9.53 Å². The fourth-order valence-electron chi connectivity index (χ4n) is 2.44. The molecule has 1 aromatic rings. The molecule has 0 radical (unpaired) electrons. The molecule has 1 atom stereocenters. The van der Waals surface area contributed by atoms with Crippen molar-refractivity contribution < 1.29 is 14.3 Å². The van der Waals surface area contributed by atoms with Gasteiger partial charge in [0, 0.05) is 12.2 Å². The van der Waals surface area contributed by atoms with E-state index in [2.05, 4.69) is 5.32 Å². The Morgan fingerprint density at radius 3 is 2.45 bits per heavy atom. The van der Waals surface area contributed by atoms with Crippen LogP contribution in [-0.4, -0.2) is 35.1 Å². The number of ether oxygens (including phenoxy) is 1. The molecule has 2 rings (SSSR count). The van der Waals surface area contributed by atoms with Gasteiger partial charge in [-0.1, -0.05) is 17.7 Å². The first-order valence-corrected chi connectivity index (χ1v) is 7.63. The molecule has 1 N–H and O–H groups in total. The van der Waals surface area contributed by atoms with Crippen LogP contribution in [0.3, 0.4) is 0 Å². The van der Waals surface area contributed by atoms with Crippen LogP contribution in [0.4, 0.5) is 10.5 Å². The third-order valence-corrected chi connectivity index (χ3v) is 3.50. The molecule has 0 aromatic heterocycles. The van der Waals surface area contributed by atoms with E-state index >= 15 is 0 Å². The first kappa shape index (κ1) is 16.3. The number of nitrogens with zero attached hydrogens (tertiary/aromatic N) is 1. The molecule has 0 aliphatic carbocycles. The van der Waals surface area contributed by atoms with Crippen molar-refractivity contribution in [3.63, 3.8) is 0 Å². The van der Waals surface area contributed by atoms with E-state index in [0.717, 1.165) is 17.7 Å². The number of nitrogens with one attached hydrogen (secondary N) is 1. The molecule has 1 aliphatic heterocycles. The standard InChI is InChI=1S/C17H24N2O3/c1-12-7-9-13(10-8-12)18-15(20)14-6-5-11-19(14)16(21)22-17(2,3)4/h7-10,14H,5-6,11H2,1-4H3,(H,18,20)/t14-/m1/s1. The summed E-state index contributed by atoms with van der Waals surface area (Å²) in [5, 5.41) is 2.87. The molecule has 1 fully saturated rings. The zero-order valence-corrected chi connectivity index (χ0v) is 13.7. The second-order valence-electron chi connectivity index (χ2n) is 6.69. The Kier molecular flexibility index (Phi) is 4.74. The Morgan fingerprint density at radius 1 is 1.23 bits per heavy atom. The summed E-state index contributed by atoms with van der Waals surface area (Å²) in [6.07, 6.45) is 1.05. The summed E-state index contributed by atoms with van der Waals surface area (Å²) >= 11 is 0. The molecule has 22 heavy (non-hydrogen) atoms. The lowest BCUT2D eigenvalue weighted by atomic mass is 10.2. The highest BCUT2D eigenvalue weighted by Crippen LogP contribution is 2.22. The Balaban J connectivity index is 2.01. The van der Waals surface area contributed by atoms with Gasteiger partial charge in [-0.05, 0) is 52.7 Å². The van der Waals surface area contributed by atoms with Gasteiger partial charge in [-0.25, -0.2) is 4.79 Å². The monoisotopic (exact) mass is 304 g/mol. The number of likely N-dealkylation sites (tertiary alicyclic amines) is 1. The minimum atomic E-state index is -0.558. The molecular formula is C17H24N2O3. The van der Waals surface area contributed by atoms with Gasteiger partial charge in [0.25, 0.3) is 0 Å². The summed E-state index contributed by atoms with van der Waals surface area (Å²) in [7, 11) is 0. The van der Waals surface area contributed by atoms with E-state index in [4.69, 9.17) is 4.74 Å². The Bertz CT molecular complexity index is 546. The molecule has 5 nitrogen and oxygen atoms in total. The molecule has 1 saturated heterocycles. The van der Waals surface area contributed by atoms with Crippen LogP contribution in [0, 0.1) is 6.92 Å². The molecule has 1 heterocycles. The average Bonchev–Trinajstić information content (AvgIpc) is 2.89. The molecular weight excluding hydrogens is 280 g/mol. The SMILES string of the molecule is Cc1ccc(NC(=O)[C@H]2CCCN2C(=O)OC(C)(C)C)cc1. The van der Waals surface area contributed by atoms with Crippen LogP contribution < -0.4 is 5.32 Å². The second kappa shape index (κ2) is 6.38. The van der Waals surface area contributed by atoms with Gasteiger partial charge < -0.3 is 10.1 Å². The fraction of sp³-hybridized carbons (Fsp3) is 0.529. The summed E-state index contributed by atoms with van der Waals surface area (Å²) in [6, 6.07) is 7.14. The third-order valence-electron chi connectivity index (χ3n) is 3.50. The number of amides is 2. The molecule has 0 saturated carbocycles. The molecule has 0 bridgehead atoms. The predicted octanol–water partition coefficient (Wildman–Crippen LogP) is 3.33. The van der Waals surface area contributed by atoms with E-state index in [1.165, 1.54) is 4.90 Å². The van der Waals surface area contributed by atoms with Gasteiger partial charge >= 0.3 is 6.09 Å². The van der Waals surface area contributed by atoms with Gasteiger partial charge in [0.2, 0.25) is 5.91 Å². The number of aryl methyl sites for hydroxylation is 1. The zero-order valence-electron chi connectivity index (χ0n) is 13.7. The smallest absolute Gasteiger partial charge is 0.410 e. The number of anilines is 1. The first-order valence-electron chi connectivity index (χ1n) is 7.63. The van der Waals surface area contributed by atoms with Gasteiger partial charge in [0.15, 0.2) is 0 Å². The maximum Gasteiger partial charge on any atom is 0.410 e. The summed E-state index contributed by atoms with van der Waals surface area (Å²) in [5.41, 5.74) is 1.32. The van der Waals surface area contributed by atoms with Crippen LogP contribution in [0.2, 0.25) is 0 Å². The maximum absolute atomic E-state index is 12.4. The van der Waals surface area contributed by atoms with Crippen LogP contribution in [0.25, 0.3) is 0 Å². The van der Waals surface area contributed by atoms with Gasteiger partial charge in [-0.3, -0.25) is 9.69 Å². The van der Waals surface area contributed by atoms with Gasteiger partial charge in [0.05, 0.1) is 0 Å². The first-order chi connectivity index (χ1) is 10.3. The lowest BCUT2D eigenvalue weighted by Gasteiger charge is -2.28. The highest BCUT2D eigenvalue weighted by molar-refractivity contribution is 5.96.